The summed E-state index contributed by atoms with van der Waals surface area (Å²) >= 11 is 6.00. The van der Waals surface area contributed by atoms with E-state index in [1.807, 2.05) is 18.2 Å². The Kier molecular flexibility index (Phi) is 5.64. The van der Waals surface area contributed by atoms with E-state index in [4.69, 9.17) is 17.4 Å². The highest BCUT2D eigenvalue weighted by atomic mass is 35.5. The van der Waals surface area contributed by atoms with Crippen molar-refractivity contribution in [2.24, 2.45) is 17.2 Å². The van der Waals surface area contributed by atoms with Crippen LogP contribution in [0.15, 0.2) is 24.3 Å². The van der Waals surface area contributed by atoms with E-state index < -0.39 is 0 Å². The first kappa shape index (κ1) is 15.5. The van der Waals surface area contributed by atoms with Crippen molar-refractivity contribution in [2.45, 2.75) is 46.6 Å². The normalized spacial score (nSPS) is 15.4. The SMILES string of the molecule is CC(CC(Cc1cccc(Cl)c1)NN)C(C)(C)C. The Balaban J connectivity index is 2.63. The molecule has 0 aliphatic carbocycles. The smallest absolute Gasteiger partial charge is 0.0408 e. The second-order valence-corrected chi connectivity index (χ2v) is 6.64. The molecule has 3 N–H and O–H groups in total. The first-order valence-electron chi connectivity index (χ1n) is 6.53. The average Bonchev–Trinajstić information content (AvgIpc) is 2.26. The lowest BCUT2D eigenvalue weighted by atomic mass is 9.78. The maximum absolute atomic E-state index is 6.00. The minimum Gasteiger partial charge on any atom is -0.271 e. The van der Waals surface area contributed by atoms with Gasteiger partial charge in [0.1, 0.15) is 0 Å². The summed E-state index contributed by atoms with van der Waals surface area (Å²) in [4.78, 5) is 0. The summed E-state index contributed by atoms with van der Waals surface area (Å²) in [5.41, 5.74) is 4.47. The minimum atomic E-state index is 0.290. The van der Waals surface area contributed by atoms with Crippen LogP contribution in [0.4, 0.5) is 0 Å². The molecule has 0 amide bonds. The lowest BCUT2D eigenvalue weighted by molar-refractivity contribution is 0.222. The highest BCUT2D eigenvalue weighted by Gasteiger charge is 2.23. The Morgan fingerprint density at radius 1 is 1.33 bits per heavy atom. The number of nitrogens with two attached hydrogens (primary N) is 1. The molecule has 3 heteroatoms. The minimum absolute atomic E-state index is 0.290. The fraction of sp³-hybridized carbons (Fsp3) is 0.600. The molecule has 18 heavy (non-hydrogen) atoms. The number of hydrogen-bond donors (Lipinski definition) is 2. The van der Waals surface area contributed by atoms with Crippen LogP contribution in [0.2, 0.25) is 5.02 Å². The van der Waals surface area contributed by atoms with E-state index in [-0.39, 0.29) is 6.04 Å². The van der Waals surface area contributed by atoms with Crippen LogP contribution in [0, 0.1) is 11.3 Å². The highest BCUT2D eigenvalue weighted by Crippen LogP contribution is 2.29. The summed E-state index contributed by atoms with van der Waals surface area (Å²) in [7, 11) is 0. The molecule has 0 aliphatic rings. The molecule has 1 aromatic carbocycles. The summed E-state index contributed by atoms with van der Waals surface area (Å²) in [5, 5.41) is 0.784. The molecule has 0 bridgehead atoms. The molecule has 1 aromatic rings. The Morgan fingerprint density at radius 3 is 2.50 bits per heavy atom. The van der Waals surface area contributed by atoms with Crippen LogP contribution in [0.3, 0.4) is 0 Å². The van der Waals surface area contributed by atoms with Crippen LogP contribution >= 0.6 is 11.6 Å². The van der Waals surface area contributed by atoms with Gasteiger partial charge in [0.15, 0.2) is 0 Å². The summed E-state index contributed by atoms with van der Waals surface area (Å²) in [6.07, 6.45) is 1.98. The quantitative estimate of drug-likeness (QED) is 0.630. The van der Waals surface area contributed by atoms with E-state index in [9.17, 15) is 0 Å². The van der Waals surface area contributed by atoms with Crippen molar-refractivity contribution in [1.82, 2.24) is 5.43 Å². The molecule has 2 atom stereocenters. The van der Waals surface area contributed by atoms with Crippen LogP contribution in [0.5, 0.6) is 0 Å². The van der Waals surface area contributed by atoms with Gasteiger partial charge in [-0.25, -0.2) is 0 Å². The molecular weight excluding hydrogens is 244 g/mol. The molecule has 0 heterocycles. The molecule has 0 aromatic heterocycles. The van der Waals surface area contributed by atoms with Crippen molar-refractivity contribution < 1.29 is 0 Å². The van der Waals surface area contributed by atoms with E-state index >= 15 is 0 Å². The third-order valence-corrected chi connectivity index (χ3v) is 3.96. The second-order valence-electron chi connectivity index (χ2n) is 6.20. The molecule has 0 fully saturated rings. The molecule has 0 spiro atoms. The summed E-state index contributed by atoms with van der Waals surface area (Å²) in [6.45, 7) is 9.09. The van der Waals surface area contributed by atoms with E-state index in [1.165, 1.54) is 5.56 Å². The molecule has 0 aliphatic heterocycles. The van der Waals surface area contributed by atoms with Gasteiger partial charge in [0, 0.05) is 11.1 Å². The van der Waals surface area contributed by atoms with Gasteiger partial charge < -0.3 is 0 Å². The number of rotatable bonds is 5. The van der Waals surface area contributed by atoms with Gasteiger partial charge in [-0.2, -0.15) is 0 Å². The van der Waals surface area contributed by atoms with Crippen molar-refractivity contribution in [1.29, 1.82) is 0 Å². The monoisotopic (exact) mass is 268 g/mol. The molecule has 2 unspecified atom stereocenters. The van der Waals surface area contributed by atoms with Gasteiger partial charge in [-0.1, -0.05) is 51.4 Å². The number of hydrazine groups is 1. The first-order valence-corrected chi connectivity index (χ1v) is 6.91. The molecular formula is C15H25ClN2. The Bertz CT molecular complexity index is 371. The maximum Gasteiger partial charge on any atom is 0.0408 e. The Hall–Kier alpha value is -0.570. The maximum atomic E-state index is 6.00. The first-order chi connectivity index (χ1) is 8.32. The van der Waals surface area contributed by atoms with E-state index in [1.54, 1.807) is 0 Å². The Morgan fingerprint density at radius 2 is 2.00 bits per heavy atom. The average molecular weight is 269 g/mol. The van der Waals surface area contributed by atoms with Gasteiger partial charge in [-0.15, -0.1) is 0 Å². The zero-order valence-corrected chi connectivity index (χ0v) is 12.6. The number of nitrogens with one attached hydrogen (secondary N) is 1. The van der Waals surface area contributed by atoms with Gasteiger partial charge in [0.05, 0.1) is 0 Å². The summed E-state index contributed by atoms with van der Waals surface area (Å²) < 4.78 is 0. The molecule has 102 valence electrons. The highest BCUT2D eigenvalue weighted by molar-refractivity contribution is 6.30. The molecule has 0 saturated heterocycles. The van der Waals surface area contributed by atoms with E-state index in [2.05, 4.69) is 39.2 Å². The zero-order valence-electron chi connectivity index (χ0n) is 11.8. The number of halogens is 1. The van der Waals surface area contributed by atoms with Crippen molar-refractivity contribution in [3.8, 4) is 0 Å². The summed E-state index contributed by atoms with van der Waals surface area (Å²) in [6, 6.07) is 8.27. The van der Waals surface area contributed by atoms with Crippen molar-refractivity contribution >= 4 is 11.6 Å². The van der Waals surface area contributed by atoms with Crippen LogP contribution in [0.25, 0.3) is 0 Å². The van der Waals surface area contributed by atoms with Crippen molar-refractivity contribution in [3.05, 3.63) is 34.9 Å². The van der Waals surface area contributed by atoms with Crippen molar-refractivity contribution in [3.63, 3.8) is 0 Å². The van der Waals surface area contributed by atoms with Crippen LogP contribution in [0.1, 0.15) is 39.7 Å². The van der Waals surface area contributed by atoms with Crippen LogP contribution in [-0.2, 0) is 6.42 Å². The van der Waals surface area contributed by atoms with Crippen molar-refractivity contribution in [2.75, 3.05) is 0 Å². The lowest BCUT2D eigenvalue weighted by Gasteiger charge is -2.30. The predicted molar refractivity (Wildman–Crippen MR) is 79.5 cm³/mol. The third kappa shape index (κ3) is 4.97. The van der Waals surface area contributed by atoms with Gasteiger partial charge in [-0.05, 0) is 41.9 Å². The Labute approximate surface area is 116 Å². The number of hydrogen-bond acceptors (Lipinski definition) is 2. The third-order valence-electron chi connectivity index (χ3n) is 3.72. The van der Waals surface area contributed by atoms with Gasteiger partial charge in [-0.3, -0.25) is 11.3 Å². The standard InChI is InChI=1S/C15H25ClN2/c1-11(15(2,3)4)8-14(18-17)10-12-6-5-7-13(16)9-12/h5-7,9,11,14,18H,8,10,17H2,1-4H3. The largest absolute Gasteiger partial charge is 0.271 e. The van der Waals surface area contributed by atoms with Gasteiger partial charge >= 0.3 is 0 Å². The lowest BCUT2D eigenvalue weighted by Crippen LogP contribution is -2.39. The fourth-order valence-electron chi connectivity index (χ4n) is 1.94. The molecule has 0 radical (unpaired) electrons. The fourth-order valence-corrected chi connectivity index (χ4v) is 2.15. The van der Waals surface area contributed by atoms with Crippen LogP contribution in [-0.4, -0.2) is 6.04 Å². The number of benzene rings is 1. The van der Waals surface area contributed by atoms with Gasteiger partial charge in [0.25, 0.3) is 0 Å². The van der Waals surface area contributed by atoms with Gasteiger partial charge in [0.2, 0.25) is 0 Å². The zero-order chi connectivity index (χ0) is 13.8. The molecule has 1 rings (SSSR count). The second kappa shape index (κ2) is 6.55. The summed E-state index contributed by atoms with van der Waals surface area (Å²) in [5.74, 6) is 6.28. The topological polar surface area (TPSA) is 38.0 Å². The van der Waals surface area contributed by atoms with E-state index in [0.29, 0.717) is 11.3 Å². The van der Waals surface area contributed by atoms with E-state index in [0.717, 1.165) is 17.9 Å². The molecule has 2 nitrogen and oxygen atoms in total. The molecule has 0 saturated carbocycles. The predicted octanol–water partition coefficient (Wildman–Crippen LogP) is 3.79. The van der Waals surface area contributed by atoms with Crippen LogP contribution < -0.4 is 11.3 Å².